The lowest BCUT2D eigenvalue weighted by Gasteiger charge is -2.18. The highest BCUT2D eigenvalue weighted by molar-refractivity contribution is 5.01. The lowest BCUT2D eigenvalue weighted by Crippen LogP contribution is -2.08. The van der Waals surface area contributed by atoms with Gasteiger partial charge in [-0.05, 0) is 32.1 Å². The molecule has 1 heterocycles. The van der Waals surface area contributed by atoms with Crippen molar-refractivity contribution in [2.75, 3.05) is 0 Å². The molecule has 0 amide bonds. The topological polar surface area (TPSA) is 30.7 Å². The third-order valence-electron chi connectivity index (χ3n) is 3.43. The van der Waals surface area contributed by atoms with Gasteiger partial charge in [0, 0.05) is 18.2 Å². The van der Waals surface area contributed by atoms with E-state index in [0.717, 1.165) is 17.5 Å². The van der Waals surface area contributed by atoms with E-state index in [9.17, 15) is 0 Å². The summed E-state index contributed by atoms with van der Waals surface area (Å²) in [5.74, 6) is 1.98. The second kappa shape index (κ2) is 5.46. The van der Waals surface area contributed by atoms with Gasteiger partial charge in [0.1, 0.15) is 0 Å². The molecule has 0 bridgehead atoms. The minimum absolute atomic E-state index is 0.399. The minimum Gasteiger partial charge on any atom is -0.250 e. The fourth-order valence-electron chi connectivity index (χ4n) is 1.72. The maximum atomic E-state index is 4.26. The largest absolute Gasteiger partial charge is 0.250 e. The molecule has 0 aliphatic rings. The van der Waals surface area contributed by atoms with Gasteiger partial charge in [-0.2, -0.15) is 0 Å². The molecule has 0 radical (unpaired) electrons. The summed E-state index contributed by atoms with van der Waals surface area (Å²) in [5, 5.41) is 8.42. The molecule has 3 heteroatoms. The Hall–Kier alpha value is -0.860. The van der Waals surface area contributed by atoms with Gasteiger partial charge in [-0.1, -0.05) is 32.9 Å². The van der Waals surface area contributed by atoms with E-state index in [4.69, 9.17) is 0 Å². The number of nitrogens with zero attached hydrogens (tertiary/aromatic N) is 3. The van der Waals surface area contributed by atoms with Gasteiger partial charge in [-0.3, -0.25) is 0 Å². The smallest absolute Gasteiger partial charge is 0.0855 e. The summed E-state index contributed by atoms with van der Waals surface area (Å²) in [7, 11) is 0. The maximum absolute atomic E-state index is 4.26. The Morgan fingerprint density at radius 3 is 2.19 bits per heavy atom. The van der Waals surface area contributed by atoms with Crippen LogP contribution in [0.1, 0.15) is 65.6 Å². The standard InChI is InChI=1S/C13H25N3/c1-9(2)11(5)7-12(6)13-8-16(10(3)4)15-14-13/h8-12H,7H2,1-6H3. The summed E-state index contributed by atoms with van der Waals surface area (Å²) < 4.78 is 1.94. The van der Waals surface area contributed by atoms with Gasteiger partial charge in [-0.15, -0.1) is 5.10 Å². The summed E-state index contributed by atoms with van der Waals surface area (Å²) in [6.45, 7) is 13.4. The highest BCUT2D eigenvalue weighted by Crippen LogP contribution is 2.25. The second-order valence-corrected chi connectivity index (χ2v) is 5.58. The van der Waals surface area contributed by atoms with Crippen LogP contribution in [0.25, 0.3) is 0 Å². The zero-order valence-corrected chi connectivity index (χ0v) is 11.4. The fourth-order valence-corrected chi connectivity index (χ4v) is 1.72. The van der Waals surface area contributed by atoms with Crippen molar-refractivity contribution in [3.05, 3.63) is 11.9 Å². The fraction of sp³-hybridized carbons (Fsp3) is 0.846. The third kappa shape index (κ3) is 3.32. The van der Waals surface area contributed by atoms with Crippen LogP contribution in [0.3, 0.4) is 0 Å². The molecular formula is C13H25N3. The molecule has 0 aliphatic heterocycles. The van der Waals surface area contributed by atoms with Crippen molar-refractivity contribution in [3.8, 4) is 0 Å². The van der Waals surface area contributed by atoms with Gasteiger partial charge < -0.3 is 0 Å². The Balaban J connectivity index is 2.62. The Morgan fingerprint density at radius 2 is 1.75 bits per heavy atom. The Morgan fingerprint density at radius 1 is 1.12 bits per heavy atom. The summed E-state index contributed by atoms with van der Waals surface area (Å²) >= 11 is 0. The van der Waals surface area contributed by atoms with E-state index in [0.29, 0.717) is 12.0 Å². The molecule has 1 rings (SSSR count). The highest BCUT2D eigenvalue weighted by atomic mass is 15.4. The van der Waals surface area contributed by atoms with Crippen molar-refractivity contribution in [2.45, 2.75) is 59.9 Å². The summed E-state index contributed by atoms with van der Waals surface area (Å²) in [6, 6.07) is 0.399. The first-order valence-corrected chi connectivity index (χ1v) is 6.33. The van der Waals surface area contributed by atoms with E-state index in [1.165, 1.54) is 6.42 Å². The molecule has 0 fully saturated rings. The zero-order chi connectivity index (χ0) is 12.3. The van der Waals surface area contributed by atoms with Crippen LogP contribution in [0.5, 0.6) is 0 Å². The molecule has 2 atom stereocenters. The van der Waals surface area contributed by atoms with Gasteiger partial charge in [-0.25, -0.2) is 4.68 Å². The Kier molecular flexibility index (Phi) is 4.51. The van der Waals surface area contributed by atoms with E-state index in [1.54, 1.807) is 0 Å². The van der Waals surface area contributed by atoms with E-state index >= 15 is 0 Å². The quantitative estimate of drug-likeness (QED) is 0.763. The van der Waals surface area contributed by atoms with Crippen LogP contribution in [0, 0.1) is 11.8 Å². The Labute approximate surface area is 99.2 Å². The molecule has 0 spiro atoms. The van der Waals surface area contributed by atoms with Crippen LogP contribution in [-0.2, 0) is 0 Å². The molecule has 2 unspecified atom stereocenters. The number of hydrogen-bond acceptors (Lipinski definition) is 2. The molecule has 0 aliphatic carbocycles. The average Bonchev–Trinajstić information content (AvgIpc) is 2.65. The number of rotatable bonds is 5. The average molecular weight is 223 g/mol. The first-order chi connectivity index (χ1) is 7.41. The molecule has 1 aromatic rings. The van der Waals surface area contributed by atoms with Crippen LogP contribution >= 0.6 is 0 Å². The first kappa shape index (κ1) is 13.2. The lowest BCUT2D eigenvalue weighted by molar-refractivity contribution is 0.366. The van der Waals surface area contributed by atoms with Gasteiger partial charge in [0.15, 0.2) is 0 Å². The SMILES string of the molecule is CC(CC(C)C(C)C)c1cn(C(C)C)nn1. The van der Waals surface area contributed by atoms with E-state index in [1.807, 2.05) is 4.68 Å². The van der Waals surface area contributed by atoms with Crippen molar-refractivity contribution >= 4 is 0 Å². The van der Waals surface area contributed by atoms with E-state index < -0.39 is 0 Å². The van der Waals surface area contributed by atoms with Gasteiger partial charge >= 0.3 is 0 Å². The van der Waals surface area contributed by atoms with Crippen molar-refractivity contribution < 1.29 is 0 Å². The van der Waals surface area contributed by atoms with Crippen LogP contribution in [-0.4, -0.2) is 15.0 Å². The number of aromatic nitrogens is 3. The summed E-state index contributed by atoms with van der Waals surface area (Å²) in [5.41, 5.74) is 1.13. The van der Waals surface area contributed by atoms with Gasteiger partial charge in [0.05, 0.1) is 5.69 Å². The second-order valence-electron chi connectivity index (χ2n) is 5.58. The van der Waals surface area contributed by atoms with E-state index in [2.05, 4.69) is 58.1 Å². The molecule has 92 valence electrons. The molecule has 0 N–H and O–H groups in total. The Bertz CT molecular complexity index is 315. The molecule has 0 aromatic carbocycles. The van der Waals surface area contributed by atoms with Crippen molar-refractivity contribution in [3.63, 3.8) is 0 Å². The lowest BCUT2D eigenvalue weighted by atomic mass is 9.87. The van der Waals surface area contributed by atoms with Crippen molar-refractivity contribution in [2.24, 2.45) is 11.8 Å². The van der Waals surface area contributed by atoms with Crippen LogP contribution in [0.4, 0.5) is 0 Å². The van der Waals surface area contributed by atoms with Crippen LogP contribution in [0.2, 0.25) is 0 Å². The van der Waals surface area contributed by atoms with E-state index in [-0.39, 0.29) is 0 Å². The molecule has 0 saturated carbocycles. The maximum Gasteiger partial charge on any atom is 0.0855 e. The molecular weight excluding hydrogens is 198 g/mol. The zero-order valence-electron chi connectivity index (χ0n) is 11.4. The third-order valence-corrected chi connectivity index (χ3v) is 3.43. The molecule has 1 aromatic heterocycles. The van der Waals surface area contributed by atoms with Crippen LogP contribution < -0.4 is 0 Å². The van der Waals surface area contributed by atoms with Crippen molar-refractivity contribution in [1.82, 2.24) is 15.0 Å². The molecule has 3 nitrogen and oxygen atoms in total. The minimum atomic E-state index is 0.399. The molecule has 16 heavy (non-hydrogen) atoms. The van der Waals surface area contributed by atoms with Gasteiger partial charge in [0.25, 0.3) is 0 Å². The predicted octanol–water partition coefficient (Wildman–Crippen LogP) is 3.64. The van der Waals surface area contributed by atoms with Crippen LogP contribution in [0.15, 0.2) is 6.20 Å². The number of hydrogen-bond donors (Lipinski definition) is 0. The van der Waals surface area contributed by atoms with Gasteiger partial charge in [0.2, 0.25) is 0 Å². The summed E-state index contributed by atoms with van der Waals surface area (Å²) in [6.07, 6.45) is 3.27. The predicted molar refractivity (Wildman–Crippen MR) is 67.4 cm³/mol. The normalized spacial score (nSPS) is 15.8. The van der Waals surface area contributed by atoms with Crippen molar-refractivity contribution in [1.29, 1.82) is 0 Å². The highest BCUT2D eigenvalue weighted by Gasteiger charge is 2.16. The monoisotopic (exact) mass is 223 g/mol. The summed E-state index contributed by atoms with van der Waals surface area (Å²) in [4.78, 5) is 0. The first-order valence-electron chi connectivity index (χ1n) is 6.33. The molecule has 0 saturated heterocycles.